The molecule has 0 radical (unpaired) electrons. The Kier molecular flexibility index (Phi) is 4.58. The Bertz CT molecular complexity index is 921. The van der Waals surface area contributed by atoms with Crippen LogP contribution in [0.15, 0.2) is 65.6 Å². The van der Waals surface area contributed by atoms with Crippen molar-refractivity contribution in [3.05, 3.63) is 77.0 Å². The number of nitrogens with one attached hydrogen (secondary N) is 2. The molecule has 1 amide bonds. The standard InChI is InChI=1S/C20H20N4OS/c1-14(20-22-16-6-2-3-7-17(16)23-20)21-19(25)12-18(15-8-11-26-13-15)24-9-4-5-10-24/h2-11,13-14,18H,12H2,1H3,(H,21,25)(H,22,23)/t14-,18-/m0/s1. The molecule has 0 aliphatic rings. The summed E-state index contributed by atoms with van der Waals surface area (Å²) >= 11 is 1.65. The van der Waals surface area contributed by atoms with Gasteiger partial charge < -0.3 is 14.9 Å². The van der Waals surface area contributed by atoms with Gasteiger partial charge in [-0.25, -0.2) is 4.98 Å². The van der Waals surface area contributed by atoms with Crippen LogP contribution in [0.4, 0.5) is 0 Å². The molecule has 5 nitrogen and oxygen atoms in total. The summed E-state index contributed by atoms with van der Waals surface area (Å²) in [6, 6.07) is 13.7. The number of nitrogens with zero attached hydrogens (tertiary/aromatic N) is 2. The first-order valence-electron chi connectivity index (χ1n) is 8.59. The fourth-order valence-corrected chi connectivity index (χ4v) is 3.84. The molecule has 26 heavy (non-hydrogen) atoms. The lowest BCUT2D eigenvalue weighted by molar-refractivity contribution is -0.122. The summed E-state index contributed by atoms with van der Waals surface area (Å²) < 4.78 is 2.08. The van der Waals surface area contributed by atoms with Gasteiger partial charge in [-0.1, -0.05) is 12.1 Å². The number of fused-ring (bicyclic) bond motifs is 1. The molecule has 3 aromatic heterocycles. The average Bonchev–Trinajstić information content (AvgIpc) is 3.41. The highest BCUT2D eigenvalue weighted by molar-refractivity contribution is 7.08. The lowest BCUT2D eigenvalue weighted by Gasteiger charge is -2.19. The third kappa shape index (κ3) is 3.41. The normalized spacial score (nSPS) is 13.6. The fourth-order valence-electron chi connectivity index (χ4n) is 3.14. The Morgan fingerprint density at radius 3 is 2.77 bits per heavy atom. The summed E-state index contributed by atoms with van der Waals surface area (Å²) in [6.07, 6.45) is 4.38. The Balaban J connectivity index is 1.48. The molecule has 0 saturated carbocycles. The van der Waals surface area contributed by atoms with Crippen LogP contribution >= 0.6 is 11.3 Å². The maximum Gasteiger partial charge on any atom is 0.223 e. The van der Waals surface area contributed by atoms with Crippen molar-refractivity contribution in [2.75, 3.05) is 0 Å². The highest BCUT2D eigenvalue weighted by atomic mass is 32.1. The van der Waals surface area contributed by atoms with Crippen molar-refractivity contribution < 1.29 is 4.79 Å². The predicted molar refractivity (Wildman–Crippen MR) is 104 cm³/mol. The SMILES string of the molecule is C[C@H](NC(=O)C[C@@H](c1ccsc1)n1cccc1)c1nc2ccccc2[nH]1. The lowest BCUT2D eigenvalue weighted by atomic mass is 10.1. The van der Waals surface area contributed by atoms with Crippen LogP contribution in [0.5, 0.6) is 0 Å². The first kappa shape index (κ1) is 16.6. The first-order valence-corrected chi connectivity index (χ1v) is 9.53. The number of imidazole rings is 1. The number of thiophene rings is 1. The molecule has 132 valence electrons. The highest BCUT2D eigenvalue weighted by Gasteiger charge is 2.20. The van der Waals surface area contributed by atoms with Crippen LogP contribution in [0, 0.1) is 0 Å². The molecule has 0 spiro atoms. The van der Waals surface area contributed by atoms with Crippen molar-refractivity contribution in [1.82, 2.24) is 19.9 Å². The van der Waals surface area contributed by atoms with Crippen molar-refractivity contribution >= 4 is 28.3 Å². The monoisotopic (exact) mass is 364 g/mol. The van der Waals surface area contributed by atoms with Crippen LogP contribution in [-0.4, -0.2) is 20.4 Å². The van der Waals surface area contributed by atoms with Crippen LogP contribution in [0.2, 0.25) is 0 Å². The van der Waals surface area contributed by atoms with Gasteiger partial charge in [0.05, 0.1) is 29.5 Å². The molecule has 0 unspecified atom stereocenters. The number of amides is 1. The summed E-state index contributed by atoms with van der Waals surface area (Å²) in [4.78, 5) is 20.5. The number of aromatic amines is 1. The summed E-state index contributed by atoms with van der Waals surface area (Å²) in [5.41, 5.74) is 3.04. The number of carbonyl (C=O) groups is 1. The van der Waals surface area contributed by atoms with Gasteiger partial charge in [-0.3, -0.25) is 4.79 Å². The van der Waals surface area contributed by atoms with Crippen LogP contribution in [0.1, 0.15) is 36.8 Å². The van der Waals surface area contributed by atoms with E-state index in [0.29, 0.717) is 6.42 Å². The van der Waals surface area contributed by atoms with Crippen molar-refractivity contribution in [2.45, 2.75) is 25.4 Å². The van der Waals surface area contributed by atoms with E-state index in [9.17, 15) is 4.79 Å². The first-order chi connectivity index (χ1) is 12.7. The molecule has 2 atom stereocenters. The largest absolute Gasteiger partial charge is 0.346 e. The molecule has 0 saturated heterocycles. The number of hydrogen-bond donors (Lipinski definition) is 2. The van der Waals surface area contributed by atoms with Gasteiger partial charge >= 0.3 is 0 Å². The predicted octanol–water partition coefficient (Wildman–Crippen LogP) is 4.28. The van der Waals surface area contributed by atoms with Gasteiger partial charge in [0.25, 0.3) is 0 Å². The van der Waals surface area contributed by atoms with Crippen LogP contribution in [0.25, 0.3) is 11.0 Å². The van der Waals surface area contributed by atoms with Gasteiger partial charge in [0.2, 0.25) is 5.91 Å². The van der Waals surface area contributed by atoms with E-state index >= 15 is 0 Å². The van der Waals surface area contributed by atoms with E-state index in [-0.39, 0.29) is 18.0 Å². The van der Waals surface area contributed by atoms with Crippen LogP contribution < -0.4 is 5.32 Å². The molecule has 4 rings (SSSR count). The minimum Gasteiger partial charge on any atom is -0.346 e. The van der Waals surface area contributed by atoms with E-state index in [1.165, 1.54) is 0 Å². The Hall–Kier alpha value is -2.86. The molecular formula is C20H20N4OS. The van der Waals surface area contributed by atoms with E-state index in [1.807, 2.05) is 61.1 Å². The number of rotatable bonds is 6. The Labute approximate surface area is 155 Å². The van der Waals surface area contributed by atoms with Crippen molar-refractivity contribution in [2.24, 2.45) is 0 Å². The van der Waals surface area contributed by atoms with E-state index in [1.54, 1.807) is 11.3 Å². The lowest BCUT2D eigenvalue weighted by Crippen LogP contribution is -2.29. The van der Waals surface area contributed by atoms with Crippen LogP contribution in [-0.2, 0) is 4.79 Å². The van der Waals surface area contributed by atoms with Gasteiger partial charge in [-0.15, -0.1) is 0 Å². The summed E-state index contributed by atoms with van der Waals surface area (Å²) in [6.45, 7) is 1.95. The maximum absolute atomic E-state index is 12.7. The molecule has 2 N–H and O–H groups in total. The van der Waals surface area contributed by atoms with Crippen molar-refractivity contribution in [1.29, 1.82) is 0 Å². The second-order valence-corrected chi connectivity index (χ2v) is 7.12. The van der Waals surface area contributed by atoms with Gasteiger partial charge in [0.15, 0.2) is 0 Å². The number of aromatic nitrogens is 3. The minimum absolute atomic E-state index is 0.000812. The molecule has 1 aromatic carbocycles. The minimum atomic E-state index is -0.178. The van der Waals surface area contributed by atoms with Gasteiger partial charge in [-0.2, -0.15) is 11.3 Å². The molecule has 6 heteroatoms. The fraction of sp³-hybridized carbons (Fsp3) is 0.200. The highest BCUT2D eigenvalue weighted by Crippen LogP contribution is 2.25. The molecule has 0 aliphatic carbocycles. The summed E-state index contributed by atoms with van der Waals surface area (Å²) in [7, 11) is 0. The maximum atomic E-state index is 12.7. The third-order valence-corrected chi connectivity index (χ3v) is 5.19. The number of carbonyl (C=O) groups excluding carboxylic acids is 1. The molecule has 0 fully saturated rings. The quantitative estimate of drug-likeness (QED) is 0.536. The van der Waals surface area contributed by atoms with E-state index < -0.39 is 0 Å². The van der Waals surface area contributed by atoms with Gasteiger partial charge in [0.1, 0.15) is 5.82 Å². The zero-order valence-electron chi connectivity index (χ0n) is 14.4. The van der Waals surface area contributed by atoms with E-state index in [0.717, 1.165) is 22.4 Å². The zero-order valence-corrected chi connectivity index (χ0v) is 15.2. The second-order valence-electron chi connectivity index (χ2n) is 6.34. The molecule has 4 aromatic rings. The third-order valence-electron chi connectivity index (χ3n) is 4.49. The number of para-hydroxylation sites is 2. The van der Waals surface area contributed by atoms with E-state index in [4.69, 9.17) is 0 Å². The van der Waals surface area contributed by atoms with Crippen molar-refractivity contribution in [3.63, 3.8) is 0 Å². The Morgan fingerprint density at radius 2 is 2.04 bits per heavy atom. The topological polar surface area (TPSA) is 62.7 Å². The number of H-pyrrole nitrogens is 1. The van der Waals surface area contributed by atoms with Gasteiger partial charge in [-0.05, 0) is 53.6 Å². The average molecular weight is 364 g/mol. The number of benzene rings is 1. The van der Waals surface area contributed by atoms with Crippen molar-refractivity contribution in [3.8, 4) is 0 Å². The number of hydrogen-bond acceptors (Lipinski definition) is 3. The zero-order chi connectivity index (χ0) is 17.9. The molecular weight excluding hydrogens is 344 g/mol. The van der Waals surface area contributed by atoms with Gasteiger partial charge in [0, 0.05) is 12.4 Å². The molecule has 0 bridgehead atoms. The van der Waals surface area contributed by atoms with Crippen LogP contribution in [0.3, 0.4) is 0 Å². The summed E-state index contributed by atoms with van der Waals surface area (Å²) in [5, 5.41) is 7.21. The second kappa shape index (κ2) is 7.17. The molecule has 0 aliphatic heterocycles. The smallest absolute Gasteiger partial charge is 0.223 e. The molecule has 3 heterocycles. The summed E-state index contributed by atoms with van der Waals surface area (Å²) in [5.74, 6) is 0.774. The Morgan fingerprint density at radius 1 is 1.23 bits per heavy atom. The van der Waals surface area contributed by atoms with E-state index in [2.05, 4.69) is 31.3 Å².